The molecule has 22 heavy (non-hydrogen) atoms. The summed E-state index contributed by atoms with van der Waals surface area (Å²) in [5, 5.41) is 13.0. The van der Waals surface area contributed by atoms with E-state index in [1.807, 2.05) is 13.0 Å². The van der Waals surface area contributed by atoms with Gasteiger partial charge in [-0.1, -0.05) is 30.3 Å². The molecule has 2 fully saturated rings. The van der Waals surface area contributed by atoms with Crippen LogP contribution in [0.3, 0.4) is 0 Å². The summed E-state index contributed by atoms with van der Waals surface area (Å²) in [6.07, 6.45) is 4.15. The van der Waals surface area contributed by atoms with Crippen LogP contribution in [-0.4, -0.2) is 47.7 Å². The molecule has 0 unspecified atom stereocenters. The lowest BCUT2D eigenvalue weighted by molar-refractivity contribution is -0.122. The van der Waals surface area contributed by atoms with Gasteiger partial charge in [0.05, 0.1) is 13.2 Å². The summed E-state index contributed by atoms with van der Waals surface area (Å²) in [7, 11) is 0. The molecule has 2 N–H and O–H groups in total. The van der Waals surface area contributed by atoms with Gasteiger partial charge in [0.2, 0.25) is 5.91 Å². The number of likely N-dealkylation sites (N-methyl/N-ethyl adjacent to an activating group) is 1. The zero-order valence-electron chi connectivity index (χ0n) is 13.3. The maximum absolute atomic E-state index is 12.0. The second-order valence-corrected chi connectivity index (χ2v) is 6.76. The molecule has 2 aliphatic heterocycles. The van der Waals surface area contributed by atoms with Crippen molar-refractivity contribution in [2.45, 2.75) is 44.7 Å². The molecule has 1 aromatic carbocycles. The minimum atomic E-state index is -0.0865. The van der Waals surface area contributed by atoms with Gasteiger partial charge in [-0.2, -0.15) is 0 Å². The zero-order chi connectivity index (χ0) is 15.6. The summed E-state index contributed by atoms with van der Waals surface area (Å²) < 4.78 is 0. The Morgan fingerprint density at radius 1 is 1.36 bits per heavy atom. The standard InChI is InChI=1S/C18H26N2O2/c1-2-19-17(22)12-20-15-8-9-16(20)18(11-15,13-21)10-14-6-4-3-5-7-14/h3-7,15-16,21H,2,8-13H2,1H3,(H,19,22)/t15-,16+,18-/m1/s1. The molecule has 0 spiro atoms. The van der Waals surface area contributed by atoms with Crippen molar-refractivity contribution in [1.29, 1.82) is 0 Å². The third kappa shape index (κ3) is 2.77. The minimum absolute atomic E-state index is 0.0865. The van der Waals surface area contributed by atoms with Gasteiger partial charge in [0.15, 0.2) is 0 Å². The second-order valence-electron chi connectivity index (χ2n) is 6.76. The molecule has 3 atom stereocenters. The van der Waals surface area contributed by atoms with Crippen LogP contribution in [0.15, 0.2) is 30.3 Å². The maximum Gasteiger partial charge on any atom is 0.234 e. The normalized spacial score (nSPS) is 30.6. The molecule has 4 heteroatoms. The van der Waals surface area contributed by atoms with E-state index in [-0.39, 0.29) is 17.9 Å². The quantitative estimate of drug-likeness (QED) is 0.839. The Labute approximate surface area is 132 Å². The molecule has 4 nitrogen and oxygen atoms in total. The molecule has 3 rings (SSSR count). The Morgan fingerprint density at radius 3 is 2.82 bits per heavy atom. The highest BCUT2D eigenvalue weighted by molar-refractivity contribution is 5.78. The van der Waals surface area contributed by atoms with Crippen LogP contribution < -0.4 is 5.32 Å². The summed E-state index contributed by atoms with van der Waals surface area (Å²) in [4.78, 5) is 14.3. The summed E-state index contributed by atoms with van der Waals surface area (Å²) in [6, 6.07) is 11.2. The molecule has 2 heterocycles. The molecule has 2 saturated heterocycles. The van der Waals surface area contributed by atoms with E-state index in [1.54, 1.807) is 0 Å². The van der Waals surface area contributed by atoms with Gasteiger partial charge in [-0.3, -0.25) is 9.69 Å². The Kier molecular flexibility index (Phi) is 4.50. The van der Waals surface area contributed by atoms with Crippen LogP contribution in [0.5, 0.6) is 0 Å². The van der Waals surface area contributed by atoms with Gasteiger partial charge in [0.1, 0.15) is 0 Å². The monoisotopic (exact) mass is 302 g/mol. The van der Waals surface area contributed by atoms with Gasteiger partial charge in [-0.05, 0) is 38.2 Å². The number of nitrogens with zero attached hydrogens (tertiary/aromatic N) is 1. The van der Waals surface area contributed by atoms with E-state index in [9.17, 15) is 9.90 Å². The van der Waals surface area contributed by atoms with Crippen LogP contribution in [-0.2, 0) is 11.2 Å². The average Bonchev–Trinajstić information content (AvgIpc) is 3.03. The number of benzene rings is 1. The smallest absolute Gasteiger partial charge is 0.234 e. The molecular formula is C18H26N2O2. The number of fused-ring (bicyclic) bond motifs is 2. The first-order valence-electron chi connectivity index (χ1n) is 8.36. The van der Waals surface area contributed by atoms with E-state index in [1.165, 1.54) is 5.56 Å². The predicted octanol–water partition coefficient (Wildman–Crippen LogP) is 1.58. The molecular weight excluding hydrogens is 276 g/mol. The van der Waals surface area contributed by atoms with Gasteiger partial charge in [0.25, 0.3) is 0 Å². The van der Waals surface area contributed by atoms with Gasteiger partial charge in [0, 0.05) is 24.0 Å². The number of hydrogen-bond acceptors (Lipinski definition) is 3. The van der Waals surface area contributed by atoms with E-state index in [0.29, 0.717) is 25.2 Å². The Bertz CT molecular complexity index is 519. The highest BCUT2D eigenvalue weighted by Crippen LogP contribution is 2.51. The number of nitrogens with one attached hydrogen (secondary N) is 1. The lowest BCUT2D eigenvalue weighted by atomic mass is 9.70. The summed E-state index contributed by atoms with van der Waals surface area (Å²) in [6.45, 7) is 3.30. The van der Waals surface area contributed by atoms with Crippen molar-refractivity contribution in [1.82, 2.24) is 10.2 Å². The molecule has 120 valence electrons. The fourth-order valence-electron chi connectivity index (χ4n) is 4.50. The number of aliphatic hydroxyl groups excluding tert-OH is 1. The van der Waals surface area contributed by atoms with Crippen molar-refractivity contribution in [2.75, 3.05) is 19.7 Å². The Balaban J connectivity index is 1.75. The molecule has 0 saturated carbocycles. The van der Waals surface area contributed by atoms with E-state index in [0.717, 1.165) is 25.7 Å². The van der Waals surface area contributed by atoms with Crippen LogP contribution in [0.4, 0.5) is 0 Å². The number of carbonyl (C=O) groups excluding carboxylic acids is 1. The Morgan fingerprint density at radius 2 is 2.14 bits per heavy atom. The second kappa shape index (κ2) is 6.39. The summed E-state index contributed by atoms with van der Waals surface area (Å²) in [5.41, 5.74) is 1.19. The fourth-order valence-corrected chi connectivity index (χ4v) is 4.50. The highest BCUT2D eigenvalue weighted by atomic mass is 16.3. The topological polar surface area (TPSA) is 52.6 Å². The predicted molar refractivity (Wildman–Crippen MR) is 86.5 cm³/mol. The first-order chi connectivity index (χ1) is 10.7. The minimum Gasteiger partial charge on any atom is -0.396 e. The maximum atomic E-state index is 12.0. The van der Waals surface area contributed by atoms with Crippen molar-refractivity contribution in [3.05, 3.63) is 35.9 Å². The van der Waals surface area contributed by atoms with E-state index < -0.39 is 0 Å². The van der Waals surface area contributed by atoms with Crippen LogP contribution in [0.1, 0.15) is 31.7 Å². The van der Waals surface area contributed by atoms with E-state index in [4.69, 9.17) is 0 Å². The van der Waals surface area contributed by atoms with Crippen molar-refractivity contribution < 1.29 is 9.90 Å². The van der Waals surface area contributed by atoms with Crippen LogP contribution in [0, 0.1) is 5.41 Å². The SMILES string of the molecule is CCNC(=O)CN1[C@@H]2CC[C@H]1[C@](CO)(Cc1ccccc1)C2. The number of amides is 1. The highest BCUT2D eigenvalue weighted by Gasteiger charge is 2.55. The number of aliphatic hydroxyl groups is 1. The third-order valence-corrected chi connectivity index (χ3v) is 5.41. The van der Waals surface area contributed by atoms with Crippen molar-refractivity contribution >= 4 is 5.91 Å². The van der Waals surface area contributed by atoms with Crippen molar-refractivity contribution in [3.8, 4) is 0 Å². The molecule has 1 amide bonds. The largest absolute Gasteiger partial charge is 0.396 e. The van der Waals surface area contributed by atoms with Crippen LogP contribution in [0.2, 0.25) is 0 Å². The molecule has 0 aromatic heterocycles. The van der Waals surface area contributed by atoms with E-state index in [2.05, 4.69) is 34.5 Å². The van der Waals surface area contributed by atoms with Crippen molar-refractivity contribution in [3.63, 3.8) is 0 Å². The first-order valence-corrected chi connectivity index (χ1v) is 8.36. The number of hydrogen-bond donors (Lipinski definition) is 2. The lowest BCUT2D eigenvalue weighted by Crippen LogP contribution is -2.45. The van der Waals surface area contributed by atoms with Gasteiger partial charge in [-0.15, -0.1) is 0 Å². The van der Waals surface area contributed by atoms with Crippen LogP contribution >= 0.6 is 0 Å². The lowest BCUT2D eigenvalue weighted by Gasteiger charge is -2.36. The van der Waals surface area contributed by atoms with E-state index >= 15 is 0 Å². The summed E-state index contributed by atoms with van der Waals surface area (Å²) in [5.74, 6) is 0.104. The van der Waals surface area contributed by atoms with Gasteiger partial charge < -0.3 is 10.4 Å². The molecule has 2 aliphatic rings. The first kappa shape index (κ1) is 15.5. The molecule has 0 aliphatic carbocycles. The zero-order valence-corrected chi connectivity index (χ0v) is 13.3. The molecule has 2 bridgehead atoms. The number of carbonyl (C=O) groups is 1. The third-order valence-electron chi connectivity index (χ3n) is 5.41. The summed E-state index contributed by atoms with van der Waals surface area (Å²) >= 11 is 0. The van der Waals surface area contributed by atoms with Crippen LogP contribution in [0.25, 0.3) is 0 Å². The average molecular weight is 302 g/mol. The van der Waals surface area contributed by atoms with Gasteiger partial charge >= 0.3 is 0 Å². The Hall–Kier alpha value is -1.39. The van der Waals surface area contributed by atoms with Gasteiger partial charge in [-0.25, -0.2) is 0 Å². The number of rotatable bonds is 6. The van der Waals surface area contributed by atoms with Crippen molar-refractivity contribution in [2.24, 2.45) is 5.41 Å². The molecule has 1 aromatic rings. The molecule has 0 radical (unpaired) electrons. The fraction of sp³-hybridized carbons (Fsp3) is 0.611.